The zero-order valence-corrected chi connectivity index (χ0v) is 8.12. The van der Waals surface area contributed by atoms with E-state index in [0.29, 0.717) is 0 Å². The molecule has 1 heterocycles. The molecular weight excluding hydrogens is 215 g/mol. The molecule has 0 bridgehead atoms. The number of quaternary nitrogens is 1. The molecule has 0 radical (unpaired) electrons. The molecule has 86 valence electrons. The number of allylic oxidation sites excluding steroid dienone is 2. The molecule has 15 heavy (non-hydrogen) atoms. The highest BCUT2D eigenvalue weighted by Gasteiger charge is 2.50. The van der Waals surface area contributed by atoms with Crippen LogP contribution in [0.4, 0.5) is 18.0 Å². The number of nitrogens with zero attached hydrogens (tertiary/aromatic N) is 1. The molecule has 1 rings (SSSR count). The first-order chi connectivity index (χ1) is 6.73. The number of carboxylic acid groups (broad SMARTS) is 1. The number of alkyl halides is 3. The van der Waals surface area contributed by atoms with E-state index in [4.69, 9.17) is 9.90 Å². The van der Waals surface area contributed by atoms with Gasteiger partial charge in [0, 0.05) is 7.11 Å². The van der Waals surface area contributed by atoms with Gasteiger partial charge in [0.05, 0.1) is 7.05 Å². The monoisotopic (exact) mass is 225 g/mol. The second kappa shape index (κ2) is 4.83. The Kier molecular flexibility index (Phi) is 4.35. The molecule has 0 saturated heterocycles. The Bertz CT molecular complexity index is 271. The molecule has 0 atom stereocenters. The molecule has 0 aromatic rings. The maximum Gasteiger partial charge on any atom is 0.569 e. The van der Waals surface area contributed by atoms with Crippen LogP contribution in [0.5, 0.6) is 0 Å². The summed E-state index contributed by atoms with van der Waals surface area (Å²) in [5.74, 6) is 0. The fraction of sp³-hybridized carbons (Fsp3) is 0.375. The summed E-state index contributed by atoms with van der Waals surface area (Å²) >= 11 is 0. The van der Waals surface area contributed by atoms with Gasteiger partial charge in [-0.3, -0.25) is 0 Å². The predicted octanol–water partition coefficient (Wildman–Crippen LogP) is 0.970. The maximum absolute atomic E-state index is 12.0. The van der Waals surface area contributed by atoms with E-state index in [1.54, 1.807) is 0 Å². The van der Waals surface area contributed by atoms with Crippen LogP contribution in [0, 0.1) is 0 Å². The van der Waals surface area contributed by atoms with Gasteiger partial charge in [0.1, 0.15) is 12.4 Å². The minimum atomic E-state index is -4.22. The highest BCUT2D eigenvalue weighted by atomic mass is 19.4. The van der Waals surface area contributed by atoms with Crippen molar-refractivity contribution in [1.29, 1.82) is 0 Å². The summed E-state index contributed by atoms with van der Waals surface area (Å²) in [4.78, 5) is 9.03. The van der Waals surface area contributed by atoms with Crippen molar-refractivity contribution in [1.82, 2.24) is 0 Å². The van der Waals surface area contributed by atoms with E-state index in [9.17, 15) is 13.2 Å². The van der Waals surface area contributed by atoms with Gasteiger partial charge < -0.3 is 14.6 Å². The highest BCUT2D eigenvalue weighted by Crippen LogP contribution is 2.31. The standard InChI is InChI=1S/C6H7F3N.C2H4O3/c1-10(6(7,8)9)4-2-3-5-10;1-5-2(3)4/h2-5H,1H3;1H3,(H,3,4)/q+1;/p-1. The number of carbonyl (C=O) groups is 1. The molecule has 0 N–H and O–H groups in total. The molecule has 0 aromatic heterocycles. The molecule has 0 aliphatic carbocycles. The average Bonchev–Trinajstić information content (AvgIpc) is 2.53. The fourth-order valence-corrected chi connectivity index (χ4v) is 0.676. The first-order valence-electron chi connectivity index (χ1n) is 3.77. The van der Waals surface area contributed by atoms with E-state index in [1.807, 2.05) is 0 Å². The summed E-state index contributed by atoms with van der Waals surface area (Å²) < 4.78 is 38.5. The summed E-state index contributed by atoms with van der Waals surface area (Å²) in [5, 5.41) is 9.03. The van der Waals surface area contributed by atoms with Crippen molar-refractivity contribution in [2.45, 2.75) is 6.30 Å². The SMILES string of the molecule is COC(=O)[O-].C[N+]1(C(F)(F)F)C=CC=C1. The lowest BCUT2D eigenvalue weighted by Gasteiger charge is -2.24. The maximum atomic E-state index is 12.0. The van der Waals surface area contributed by atoms with E-state index in [1.165, 1.54) is 12.2 Å². The van der Waals surface area contributed by atoms with Crippen molar-refractivity contribution in [2.24, 2.45) is 0 Å². The van der Waals surface area contributed by atoms with Gasteiger partial charge in [0.25, 0.3) is 6.16 Å². The number of hydrogen-bond donors (Lipinski definition) is 0. The molecular formula is C8H10F3NO3. The van der Waals surface area contributed by atoms with Gasteiger partial charge in [0.2, 0.25) is 0 Å². The summed E-state index contributed by atoms with van der Waals surface area (Å²) in [5.41, 5.74) is 0. The zero-order chi connectivity index (χ0) is 12.1. The van der Waals surface area contributed by atoms with Crippen LogP contribution in [0.3, 0.4) is 0 Å². The predicted molar refractivity (Wildman–Crippen MR) is 42.9 cm³/mol. The van der Waals surface area contributed by atoms with Crippen molar-refractivity contribution in [3.8, 4) is 0 Å². The van der Waals surface area contributed by atoms with Gasteiger partial charge >= 0.3 is 6.30 Å². The molecule has 4 nitrogen and oxygen atoms in total. The highest BCUT2D eigenvalue weighted by molar-refractivity contribution is 5.53. The van der Waals surface area contributed by atoms with Gasteiger partial charge in [-0.05, 0) is 12.2 Å². The van der Waals surface area contributed by atoms with Crippen molar-refractivity contribution in [3.05, 3.63) is 24.6 Å². The average molecular weight is 225 g/mol. The van der Waals surface area contributed by atoms with E-state index in [0.717, 1.165) is 26.6 Å². The summed E-state index contributed by atoms with van der Waals surface area (Å²) in [6, 6.07) is 0. The molecule has 0 fully saturated rings. The number of ether oxygens (including phenoxy) is 1. The smallest absolute Gasteiger partial charge is 0.553 e. The fourth-order valence-electron chi connectivity index (χ4n) is 0.676. The Morgan fingerprint density at radius 3 is 1.80 bits per heavy atom. The van der Waals surface area contributed by atoms with Gasteiger partial charge in [-0.25, -0.2) is 0 Å². The third-order valence-electron chi connectivity index (χ3n) is 1.62. The van der Waals surface area contributed by atoms with Crippen LogP contribution >= 0.6 is 0 Å². The first kappa shape index (κ1) is 13.5. The molecule has 0 unspecified atom stereocenters. The quantitative estimate of drug-likeness (QED) is 0.350. The first-order valence-corrected chi connectivity index (χ1v) is 3.77. The summed E-state index contributed by atoms with van der Waals surface area (Å²) in [6.45, 7) is 0. The van der Waals surface area contributed by atoms with Crippen molar-refractivity contribution >= 4 is 6.16 Å². The lowest BCUT2D eigenvalue weighted by atomic mass is 10.6. The van der Waals surface area contributed by atoms with E-state index in [2.05, 4.69) is 4.74 Å². The number of methoxy groups -OCH3 is 1. The third-order valence-corrected chi connectivity index (χ3v) is 1.62. The Hall–Kier alpha value is -1.50. The molecule has 0 aromatic carbocycles. The lowest BCUT2D eigenvalue weighted by Crippen LogP contribution is -2.44. The molecule has 0 spiro atoms. The molecule has 0 amide bonds. The third kappa shape index (κ3) is 4.03. The minimum Gasteiger partial charge on any atom is -0.553 e. The topological polar surface area (TPSA) is 49.4 Å². The van der Waals surface area contributed by atoms with Crippen LogP contribution in [0.2, 0.25) is 0 Å². The van der Waals surface area contributed by atoms with Crippen LogP contribution in [0.15, 0.2) is 24.6 Å². The van der Waals surface area contributed by atoms with Crippen molar-refractivity contribution < 1.29 is 32.3 Å². The second-order valence-corrected chi connectivity index (χ2v) is 2.75. The Labute approximate surface area is 84.5 Å². The number of rotatable bonds is 0. The summed E-state index contributed by atoms with van der Waals surface area (Å²) in [6.07, 6.45) is -0.783. The number of carbonyl (C=O) groups excluding carboxylic acids is 1. The Balaban J connectivity index is 0.000000336. The van der Waals surface area contributed by atoms with Crippen LogP contribution in [-0.2, 0) is 4.74 Å². The molecule has 7 heteroatoms. The summed E-state index contributed by atoms with van der Waals surface area (Å²) in [7, 11) is 2.12. The van der Waals surface area contributed by atoms with Crippen LogP contribution in [0.25, 0.3) is 0 Å². The second-order valence-electron chi connectivity index (χ2n) is 2.75. The van der Waals surface area contributed by atoms with Gasteiger partial charge in [0.15, 0.2) is 0 Å². The van der Waals surface area contributed by atoms with Crippen LogP contribution in [0.1, 0.15) is 0 Å². The normalized spacial score (nSPS) is 16.9. The number of hydrogen-bond acceptors (Lipinski definition) is 3. The largest absolute Gasteiger partial charge is 0.569 e. The van der Waals surface area contributed by atoms with Gasteiger partial charge in [-0.15, -0.1) is 13.2 Å². The molecule has 0 saturated carbocycles. The van der Waals surface area contributed by atoms with E-state index < -0.39 is 16.9 Å². The number of halogens is 3. The zero-order valence-electron chi connectivity index (χ0n) is 8.12. The Morgan fingerprint density at radius 2 is 1.67 bits per heavy atom. The van der Waals surface area contributed by atoms with E-state index in [-0.39, 0.29) is 0 Å². The van der Waals surface area contributed by atoms with Crippen LogP contribution in [-0.4, -0.2) is 31.1 Å². The minimum absolute atomic E-state index is 1.04. The van der Waals surface area contributed by atoms with E-state index >= 15 is 0 Å². The van der Waals surface area contributed by atoms with Crippen LogP contribution < -0.4 is 5.11 Å². The van der Waals surface area contributed by atoms with Gasteiger partial charge in [-0.1, -0.05) is 0 Å². The van der Waals surface area contributed by atoms with Crippen molar-refractivity contribution in [2.75, 3.05) is 14.2 Å². The lowest BCUT2D eigenvalue weighted by molar-refractivity contribution is -0.927. The van der Waals surface area contributed by atoms with Gasteiger partial charge in [-0.2, -0.15) is 4.48 Å². The molecule has 1 aliphatic rings. The Morgan fingerprint density at radius 1 is 1.33 bits per heavy atom. The molecule has 1 aliphatic heterocycles. The van der Waals surface area contributed by atoms with Crippen molar-refractivity contribution in [3.63, 3.8) is 0 Å².